The third-order valence-electron chi connectivity index (χ3n) is 3.32. The third-order valence-corrected chi connectivity index (χ3v) is 4.57. The average molecular weight is 294 g/mol. The van der Waals surface area contributed by atoms with Crippen LogP contribution in [0.4, 0.5) is 0 Å². The summed E-state index contributed by atoms with van der Waals surface area (Å²) in [6.45, 7) is 13.2. The van der Waals surface area contributed by atoms with E-state index in [-0.39, 0.29) is 11.6 Å². The zero-order valence-corrected chi connectivity index (χ0v) is 12.0. The van der Waals surface area contributed by atoms with Gasteiger partial charge >= 0.3 is 0 Å². The Morgan fingerprint density at radius 2 is 1.88 bits per heavy atom. The maximum absolute atomic E-state index is 7.09. The van der Waals surface area contributed by atoms with E-state index in [0.717, 1.165) is 23.1 Å². The van der Waals surface area contributed by atoms with Crippen LogP contribution in [0.3, 0.4) is 0 Å². The minimum atomic E-state index is -0.190. The number of ether oxygens (including phenoxy) is 1. The van der Waals surface area contributed by atoms with Crippen LogP contribution in [0.1, 0.15) is 30.9 Å². The number of hydrogen-bond donors (Lipinski definition) is 0. The summed E-state index contributed by atoms with van der Waals surface area (Å²) in [7, 11) is 0. The van der Waals surface area contributed by atoms with Gasteiger partial charge in [-0.2, -0.15) is 0 Å². The van der Waals surface area contributed by atoms with Crippen LogP contribution in [-0.4, -0.2) is 11.6 Å². The predicted octanol–water partition coefficient (Wildman–Crippen LogP) is 4.29. The monoisotopic (exact) mass is 293 g/mol. The van der Waals surface area contributed by atoms with Crippen LogP contribution in [0.25, 0.3) is 4.85 Å². The van der Waals surface area contributed by atoms with Crippen molar-refractivity contribution < 1.29 is 4.74 Å². The molecule has 0 amide bonds. The molecule has 1 fully saturated rings. The highest BCUT2D eigenvalue weighted by Gasteiger charge is 2.48. The summed E-state index contributed by atoms with van der Waals surface area (Å²) in [6.07, 6.45) is 1.88. The van der Waals surface area contributed by atoms with Gasteiger partial charge in [-0.25, -0.2) is 6.57 Å². The standard InChI is InChI=1S/C14H16BrNO/c1-9-5-11(6-10(2)13(9)15)17-12-7-14(3,8-12)16-4/h5-6,12H,7-8H2,1-3H3. The second kappa shape index (κ2) is 4.34. The van der Waals surface area contributed by atoms with Crippen molar-refractivity contribution in [1.29, 1.82) is 0 Å². The number of nitrogens with zero attached hydrogens (tertiary/aromatic N) is 1. The molecule has 0 aliphatic heterocycles. The minimum Gasteiger partial charge on any atom is -0.490 e. The van der Waals surface area contributed by atoms with Gasteiger partial charge in [0, 0.05) is 11.4 Å². The summed E-state index contributed by atoms with van der Waals surface area (Å²) in [5.41, 5.74) is 2.18. The van der Waals surface area contributed by atoms with Gasteiger partial charge < -0.3 is 9.58 Å². The van der Waals surface area contributed by atoms with Gasteiger partial charge in [0.2, 0.25) is 5.54 Å². The molecule has 1 aliphatic carbocycles. The van der Waals surface area contributed by atoms with Gasteiger partial charge in [0.1, 0.15) is 11.9 Å². The molecule has 0 radical (unpaired) electrons. The predicted molar refractivity (Wildman–Crippen MR) is 72.3 cm³/mol. The first-order valence-electron chi connectivity index (χ1n) is 5.75. The van der Waals surface area contributed by atoms with E-state index in [4.69, 9.17) is 11.3 Å². The minimum absolute atomic E-state index is 0.190. The van der Waals surface area contributed by atoms with Gasteiger partial charge in [-0.1, -0.05) is 15.9 Å². The fourth-order valence-corrected chi connectivity index (χ4v) is 2.49. The molecule has 0 atom stereocenters. The van der Waals surface area contributed by atoms with Crippen LogP contribution in [0, 0.1) is 20.4 Å². The van der Waals surface area contributed by atoms with Crippen LogP contribution in [-0.2, 0) is 0 Å². The third kappa shape index (κ3) is 2.47. The van der Waals surface area contributed by atoms with Crippen molar-refractivity contribution in [3.8, 4) is 5.75 Å². The molecule has 1 saturated carbocycles. The molecule has 0 heterocycles. The first-order valence-corrected chi connectivity index (χ1v) is 6.55. The molecule has 1 aromatic rings. The highest BCUT2D eigenvalue weighted by molar-refractivity contribution is 9.10. The average Bonchev–Trinajstić information content (AvgIpc) is 2.23. The van der Waals surface area contributed by atoms with Crippen LogP contribution >= 0.6 is 15.9 Å². The summed E-state index contributed by atoms with van der Waals surface area (Å²) in [4.78, 5) is 3.63. The van der Waals surface area contributed by atoms with Crippen molar-refractivity contribution in [1.82, 2.24) is 0 Å². The van der Waals surface area contributed by atoms with Crippen molar-refractivity contribution in [2.75, 3.05) is 0 Å². The molecule has 1 aliphatic rings. The Bertz CT molecular complexity index is 460. The molecular formula is C14H16BrNO. The van der Waals surface area contributed by atoms with Crippen LogP contribution in [0.15, 0.2) is 16.6 Å². The van der Waals surface area contributed by atoms with Crippen molar-refractivity contribution in [3.05, 3.63) is 39.1 Å². The highest BCUT2D eigenvalue weighted by atomic mass is 79.9. The zero-order valence-electron chi connectivity index (χ0n) is 10.4. The van der Waals surface area contributed by atoms with Gasteiger partial charge in [-0.15, -0.1) is 0 Å². The summed E-state index contributed by atoms with van der Waals surface area (Å²) in [5, 5.41) is 0. The Labute approximate surface area is 111 Å². The van der Waals surface area contributed by atoms with Crippen LogP contribution < -0.4 is 4.74 Å². The molecule has 90 valence electrons. The van der Waals surface area contributed by atoms with Gasteiger partial charge in [0.15, 0.2) is 0 Å². The molecule has 2 rings (SSSR count). The number of aryl methyl sites for hydroxylation is 2. The van der Waals surface area contributed by atoms with E-state index in [9.17, 15) is 0 Å². The Kier molecular flexibility index (Phi) is 3.18. The van der Waals surface area contributed by atoms with E-state index in [1.165, 1.54) is 11.1 Å². The number of benzene rings is 1. The Morgan fingerprint density at radius 3 is 2.35 bits per heavy atom. The van der Waals surface area contributed by atoms with Crippen molar-refractivity contribution in [3.63, 3.8) is 0 Å². The molecule has 1 aromatic carbocycles. The Morgan fingerprint density at radius 1 is 1.35 bits per heavy atom. The lowest BCUT2D eigenvalue weighted by molar-refractivity contribution is 0.0719. The summed E-state index contributed by atoms with van der Waals surface area (Å²) in [6, 6.07) is 4.09. The molecule has 17 heavy (non-hydrogen) atoms. The van der Waals surface area contributed by atoms with Gasteiger partial charge in [-0.3, -0.25) is 0 Å². The normalized spacial score (nSPS) is 27.1. The lowest BCUT2D eigenvalue weighted by Gasteiger charge is -2.35. The van der Waals surface area contributed by atoms with E-state index >= 15 is 0 Å². The first kappa shape index (κ1) is 12.4. The number of halogens is 1. The molecule has 0 unspecified atom stereocenters. The zero-order chi connectivity index (χ0) is 12.6. The smallest absolute Gasteiger partial charge is 0.237 e. The van der Waals surface area contributed by atoms with E-state index in [0.29, 0.717) is 0 Å². The second-order valence-electron chi connectivity index (χ2n) is 5.13. The number of hydrogen-bond acceptors (Lipinski definition) is 1. The lowest BCUT2D eigenvalue weighted by atomic mass is 9.76. The Hall–Kier alpha value is -1.01. The van der Waals surface area contributed by atoms with Crippen molar-refractivity contribution >= 4 is 15.9 Å². The molecule has 0 spiro atoms. The molecule has 0 aromatic heterocycles. The van der Waals surface area contributed by atoms with Crippen LogP contribution in [0.2, 0.25) is 0 Å². The van der Waals surface area contributed by atoms with Gasteiger partial charge in [0.25, 0.3) is 0 Å². The second-order valence-corrected chi connectivity index (χ2v) is 5.92. The molecule has 0 N–H and O–H groups in total. The number of rotatable bonds is 2. The maximum Gasteiger partial charge on any atom is 0.237 e. The molecular weight excluding hydrogens is 278 g/mol. The van der Waals surface area contributed by atoms with Gasteiger partial charge in [-0.05, 0) is 37.1 Å². The quantitative estimate of drug-likeness (QED) is 0.742. The van der Waals surface area contributed by atoms with E-state index < -0.39 is 0 Å². The van der Waals surface area contributed by atoms with Crippen LogP contribution in [0.5, 0.6) is 5.75 Å². The van der Waals surface area contributed by atoms with E-state index in [1.54, 1.807) is 0 Å². The van der Waals surface area contributed by atoms with Gasteiger partial charge in [0.05, 0.1) is 12.8 Å². The molecule has 3 heteroatoms. The fraction of sp³-hybridized carbons (Fsp3) is 0.500. The topological polar surface area (TPSA) is 13.6 Å². The largest absolute Gasteiger partial charge is 0.490 e. The van der Waals surface area contributed by atoms with Crippen molar-refractivity contribution in [2.45, 2.75) is 45.3 Å². The summed E-state index contributed by atoms with van der Waals surface area (Å²) >= 11 is 3.54. The fourth-order valence-electron chi connectivity index (χ4n) is 2.26. The molecule has 0 bridgehead atoms. The highest BCUT2D eigenvalue weighted by Crippen LogP contribution is 2.39. The Balaban J connectivity index is 2.05. The molecule has 2 nitrogen and oxygen atoms in total. The molecule has 0 saturated heterocycles. The first-order chi connectivity index (χ1) is 7.93. The maximum atomic E-state index is 7.09. The van der Waals surface area contributed by atoms with Crippen molar-refractivity contribution in [2.24, 2.45) is 0 Å². The SMILES string of the molecule is [C-]#[N+]C1(C)CC(Oc2cc(C)c(Br)c(C)c2)C1. The van der Waals surface area contributed by atoms with E-state index in [2.05, 4.69) is 34.6 Å². The van der Waals surface area contributed by atoms with E-state index in [1.807, 2.05) is 19.1 Å². The summed E-state index contributed by atoms with van der Waals surface area (Å²) in [5.74, 6) is 0.917. The summed E-state index contributed by atoms with van der Waals surface area (Å²) < 4.78 is 7.04. The lowest BCUT2D eigenvalue weighted by Crippen LogP contribution is -2.45.